The molecular formula is C23H26Cl2N4O2S. The third-order valence-corrected chi connectivity index (χ3v) is 8.43. The molecule has 1 aliphatic rings. The minimum absolute atomic E-state index is 0.149. The van der Waals surface area contributed by atoms with Gasteiger partial charge < -0.3 is 4.57 Å². The van der Waals surface area contributed by atoms with Crippen molar-refractivity contribution >= 4 is 33.2 Å². The summed E-state index contributed by atoms with van der Waals surface area (Å²) in [4.78, 5) is 6.95. The Hall–Kier alpha value is -1.90. The number of aromatic nitrogens is 2. The lowest BCUT2D eigenvalue weighted by molar-refractivity contribution is 0.268. The molecule has 0 aliphatic carbocycles. The van der Waals surface area contributed by atoms with Crippen LogP contribution in [0.5, 0.6) is 0 Å². The molecule has 2 heterocycles. The van der Waals surface area contributed by atoms with Crippen LogP contribution < -0.4 is 0 Å². The van der Waals surface area contributed by atoms with Crippen molar-refractivity contribution in [2.45, 2.75) is 31.3 Å². The van der Waals surface area contributed by atoms with E-state index in [0.717, 1.165) is 25.3 Å². The van der Waals surface area contributed by atoms with Crippen molar-refractivity contribution < 1.29 is 8.42 Å². The topological polar surface area (TPSA) is 58.4 Å². The number of hydrogen-bond acceptors (Lipinski definition) is 4. The van der Waals surface area contributed by atoms with Gasteiger partial charge in [-0.05, 0) is 43.1 Å². The Balaban J connectivity index is 1.45. The number of imidazole rings is 1. The average Bonchev–Trinajstić information content (AvgIpc) is 3.01. The highest BCUT2D eigenvalue weighted by Crippen LogP contribution is 2.31. The summed E-state index contributed by atoms with van der Waals surface area (Å²) in [5.74, 6) is 0.974. The number of aryl methyl sites for hydroxylation is 1. The van der Waals surface area contributed by atoms with Gasteiger partial charge in [0.1, 0.15) is 10.7 Å². The minimum atomic E-state index is -3.70. The Morgan fingerprint density at radius 1 is 1.00 bits per heavy atom. The van der Waals surface area contributed by atoms with Crippen LogP contribution in [-0.4, -0.2) is 53.4 Å². The maximum absolute atomic E-state index is 13.3. The van der Waals surface area contributed by atoms with Gasteiger partial charge in [0.05, 0.1) is 11.6 Å². The van der Waals surface area contributed by atoms with Gasteiger partial charge in [-0.25, -0.2) is 13.4 Å². The number of sulfonamides is 1. The molecule has 6 nitrogen and oxygen atoms in total. The molecule has 0 spiro atoms. The molecule has 1 aliphatic heterocycles. The SMILES string of the molecule is Cc1cc(Cl)cc(Cl)c1S(=O)(=O)N1CCCN(Cc2nccn2Cc2ccccc2)CC1. The summed E-state index contributed by atoms with van der Waals surface area (Å²) >= 11 is 12.3. The minimum Gasteiger partial charge on any atom is -0.329 e. The standard InChI is InChI=1S/C23H26Cl2N4O2S/c1-18-14-20(24)15-21(25)23(18)32(30,31)29-10-5-9-27(12-13-29)17-22-26-8-11-28(22)16-19-6-3-2-4-7-19/h2-4,6-8,11,14-15H,5,9-10,12-13,16-17H2,1H3. The molecule has 2 aromatic carbocycles. The van der Waals surface area contributed by atoms with Crippen molar-refractivity contribution in [2.24, 2.45) is 0 Å². The first-order valence-corrected chi connectivity index (χ1v) is 12.8. The molecule has 0 radical (unpaired) electrons. The van der Waals surface area contributed by atoms with Crippen LogP contribution in [-0.2, 0) is 23.1 Å². The number of rotatable bonds is 6. The van der Waals surface area contributed by atoms with Crippen molar-refractivity contribution in [1.29, 1.82) is 0 Å². The van der Waals surface area contributed by atoms with E-state index in [4.69, 9.17) is 23.2 Å². The van der Waals surface area contributed by atoms with Gasteiger partial charge in [0.25, 0.3) is 0 Å². The average molecular weight is 493 g/mol. The lowest BCUT2D eigenvalue weighted by atomic mass is 10.2. The lowest BCUT2D eigenvalue weighted by Crippen LogP contribution is -2.35. The summed E-state index contributed by atoms with van der Waals surface area (Å²) in [6, 6.07) is 13.4. The molecule has 1 fully saturated rings. The Morgan fingerprint density at radius 3 is 2.53 bits per heavy atom. The number of hydrogen-bond donors (Lipinski definition) is 0. The van der Waals surface area contributed by atoms with Crippen molar-refractivity contribution in [3.05, 3.63) is 81.9 Å². The van der Waals surface area contributed by atoms with Gasteiger partial charge in [-0.15, -0.1) is 0 Å². The quantitative estimate of drug-likeness (QED) is 0.510. The molecule has 0 N–H and O–H groups in total. The molecule has 0 unspecified atom stereocenters. The van der Waals surface area contributed by atoms with E-state index in [2.05, 4.69) is 26.6 Å². The van der Waals surface area contributed by atoms with E-state index in [0.29, 0.717) is 36.8 Å². The zero-order chi connectivity index (χ0) is 22.7. The molecule has 170 valence electrons. The second-order valence-electron chi connectivity index (χ2n) is 8.02. The van der Waals surface area contributed by atoms with Crippen molar-refractivity contribution in [1.82, 2.24) is 18.8 Å². The molecule has 0 saturated carbocycles. The normalized spacial score (nSPS) is 16.2. The van der Waals surface area contributed by atoms with Crippen LogP contribution in [0, 0.1) is 6.92 Å². The Labute approximate surface area is 199 Å². The summed E-state index contributed by atoms with van der Waals surface area (Å²) in [6.07, 6.45) is 4.54. The van der Waals surface area contributed by atoms with E-state index in [1.807, 2.05) is 30.6 Å². The first-order valence-electron chi connectivity index (χ1n) is 10.6. The highest BCUT2D eigenvalue weighted by Gasteiger charge is 2.30. The van der Waals surface area contributed by atoms with E-state index in [1.165, 1.54) is 15.9 Å². The van der Waals surface area contributed by atoms with Gasteiger partial charge in [-0.3, -0.25) is 4.90 Å². The zero-order valence-corrected chi connectivity index (χ0v) is 20.2. The fourth-order valence-corrected chi connectivity index (χ4v) is 6.71. The Bertz CT molecular complexity index is 1160. The second-order valence-corrected chi connectivity index (χ2v) is 10.7. The first kappa shape index (κ1) is 23.3. The zero-order valence-electron chi connectivity index (χ0n) is 17.9. The van der Waals surface area contributed by atoms with Gasteiger partial charge in [0.15, 0.2) is 0 Å². The molecular weight excluding hydrogens is 467 g/mol. The van der Waals surface area contributed by atoms with Crippen molar-refractivity contribution in [2.75, 3.05) is 26.2 Å². The van der Waals surface area contributed by atoms with E-state index >= 15 is 0 Å². The summed E-state index contributed by atoms with van der Waals surface area (Å²) in [6.45, 7) is 5.45. The number of benzene rings is 2. The first-order chi connectivity index (χ1) is 15.3. The molecule has 0 bridgehead atoms. The molecule has 9 heteroatoms. The van der Waals surface area contributed by atoms with E-state index in [9.17, 15) is 8.42 Å². The summed E-state index contributed by atoms with van der Waals surface area (Å²) in [5, 5.41) is 0.596. The third kappa shape index (κ3) is 5.18. The summed E-state index contributed by atoms with van der Waals surface area (Å²) in [5.41, 5.74) is 1.78. The molecule has 1 aromatic heterocycles. The van der Waals surface area contributed by atoms with E-state index in [-0.39, 0.29) is 9.92 Å². The second kappa shape index (κ2) is 9.93. The lowest BCUT2D eigenvalue weighted by Gasteiger charge is -2.23. The smallest absolute Gasteiger partial charge is 0.244 e. The highest BCUT2D eigenvalue weighted by atomic mass is 35.5. The molecule has 4 rings (SSSR count). The molecule has 32 heavy (non-hydrogen) atoms. The molecule has 1 saturated heterocycles. The third-order valence-electron chi connectivity index (χ3n) is 5.70. The van der Waals surface area contributed by atoms with Gasteiger partial charge in [0.2, 0.25) is 10.0 Å². The maximum atomic E-state index is 13.3. The van der Waals surface area contributed by atoms with Gasteiger partial charge >= 0.3 is 0 Å². The number of halogens is 2. The van der Waals surface area contributed by atoms with Crippen LogP contribution >= 0.6 is 23.2 Å². The predicted molar refractivity (Wildman–Crippen MR) is 128 cm³/mol. The van der Waals surface area contributed by atoms with Crippen LogP contribution in [0.25, 0.3) is 0 Å². The van der Waals surface area contributed by atoms with Crippen LogP contribution in [0.3, 0.4) is 0 Å². The van der Waals surface area contributed by atoms with Crippen molar-refractivity contribution in [3.63, 3.8) is 0 Å². The Kier molecular flexibility index (Phi) is 7.22. The molecule has 3 aromatic rings. The van der Waals surface area contributed by atoms with Crippen LogP contribution in [0.2, 0.25) is 10.0 Å². The van der Waals surface area contributed by atoms with Gasteiger partial charge in [-0.2, -0.15) is 4.31 Å². The van der Waals surface area contributed by atoms with Gasteiger partial charge in [0, 0.05) is 43.6 Å². The highest BCUT2D eigenvalue weighted by molar-refractivity contribution is 7.89. The van der Waals surface area contributed by atoms with E-state index < -0.39 is 10.0 Å². The maximum Gasteiger partial charge on any atom is 0.244 e. The van der Waals surface area contributed by atoms with Crippen LogP contribution in [0.15, 0.2) is 59.8 Å². The molecule has 0 atom stereocenters. The largest absolute Gasteiger partial charge is 0.329 e. The van der Waals surface area contributed by atoms with Crippen LogP contribution in [0.1, 0.15) is 23.4 Å². The monoisotopic (exact) mass is 492 g/mol. The van der Waals surface area contributed by atoms with E-state index in [1.54, 1.807) is 13.0 Å². The predicted octanol–water partition coefficient (Wildman–Crippen LogP) is 4.44. The van der Waals surface area contributed by atoms with Gasteiger partial charge in [-0.1, -0.05) is 53.5 Å². The van der Waals surface area contributed by atoms with Crippen LogP contribution in [0.4, 0.5) is 0 Å². The number of nitrogens with zero attached hydrogens (tertiary/aromatic N) is 4. The summed E-state index contributed by atoms with van der Waals surface area (Å²) in [7, 11) is -3.70. The Morgan fingerprint density at radius 2 is 1.78 bits per heavy atom. The fourth-order valence-electron chi connectivity index (χ4n) is 4.11. The van der Waals surface area contributed by atoms with Crippen molar-refractivity contribution in [3.8, 4) is 0 Å². The fraction of sp³-hybridized carbons (Fsp3) is 0.348. The summed E-state index contributed by atoms with van der Waals surface area (Å²) < 4.78 is 30.4. The molecule has 0 amide bonds.